The molecule has 3 nitrogen and oxygen atoms in total. The monoisotopic (exact) mass is 218 g/mol. The van der Waals surface area contributed by atoms with E-state index in [1.165, 1.54) is 5.56 Å². The van der Waals surface area contributed by atoms with Crippen molar-refractivity contribution in [3.63, 3.8) is 0 Å². The number of rotatable bonds is 4. The maximum absolute atomic E-state index is 5.70. The van der Waals surface area contributed by atoms with Crippen molar-refractivity contribution < 1.29 is 4.74 Å². The van der Waals surface area contributed by atoms with Crippen molar-refractivity contribution in [1.82, 2.24) is 5.43 Å². The molecule has 0 aliphatic heterocycles. The lowest BCUT2D eigenvalue weighted by Crippen LogP contribution is -2.77. The summed E-state index contributed by atoms with van der Waals surface area (Å²) in [5.41, 5.74) is 4.90. The highest BCUT2D eigenvalue weighted by Crippen LogP contribution is 2.68. The van der Waals surface area contributed by atoms with Crippen LogP contribution < -0.4 is 16.0 Å². The number of hydrazine groups is 1. The van der Waals surface area contributed by atoms with Gasteiger partial charge in [-0.1, -0.05) is 18.2 Å². The van der Waals surface area contributed by atoms with E-state index in [1.54, 1.807) is 0 Å². The Kier molecular flexibility index (Phi) is 2.03. The van der Waals surface area contributed by atoms with Gasteiger partial charge in [-0.15, -0.1) is 0 Å². The Bertz CT molecular complexity index is 396. The molecule has 3 aliphatic rings. The van der Waals surface area contributed by atoms with Crippen LogP contribution in [0.2, 0.25) is 0 Å². The molecule has 4 rings (SSSR count). The summed E-state index contributed by atoms with van der Waals surface area (Å²) in [7, 11) is 0. The van der Waals surface area contributed by atoms with Crippen molar-refractivity contribution >= 4 is 0 Å². The smallest absolute Gasteiger partial charge is 0.123 e. The van der Waals surface area contributed by atoms with Gasteiger partial charge in [0.2, 0.25) is 0 Å². The number of ether oxygens (including phenoxy) is 1. The summed E-state index contributed by atoms with van der Waals surface area (Å²) in [6.45, 7) is 2.76. The predicted octanol–water partition coefficient (Wildman–Crippen LogP) is 1.72. The van der Waals surface area contributed by atoms with Crippen LogP contribution in [0, 0.1) is 0 Å². The van der Waals surface area contributed by atoms with Gasteiger partial charge in [-0.25, -0.2) is 0 Å². The summed E-state index contributed by atoms with van der Waals surface area (Å²) in [6.07, 6.45) is 3.46. The lowest BCUT2D eigenvalue weighted by atomic mass is 9.37. The van der Waals surface area contributed by atoms with Crippen LogP contribution in [0.25, 0.3) is 0 Å². The fraction of sp³-hybridized carbons (Fsp3) is 0.538. The van der Waals surface area contributed by atoms with E-state index in [2.05, 4.69) is 23.6 Å². The van der Waals surface area contributed by atoms with Gasteiger partial charge in [0.15, 0.2) is 0 Å². The van der Waals surface area contributed by atoms with E-state index in [9.17, 15) is 0 Å². The number of benzene rings is 1. The van der Waals surface area contributed by atoms with Gasteiger partial charge in [-0.2, -0.15) is 0 Å². The first-order valence-corrected chi connectivity index (χ1v) is 5.94. The van der Waals surface area contributed by atoms with Gasteiger partial charge in [-0.05, 0) is 32.3 Å². The summed E-state index contributed by atoms with van der Waals surface area (Å²) >= 11 is 0. The molecule has 3 heteroatoms. The van der Waals surface area contributed by atoms with E-state index < -0.39 is 0 Å². The lowest BCUT2D eigenvalue weighted by molar-refractivity contribution is -0.0894. The van der Waals surface area contributed by atoms with Crippen molar-refractivity contribution in [2.75, 3.05) is 6.61 Å². The van der Waals surface area contributed by atoms with E-state index in [1.807, 2.05) is 13.0 Å². The lowest BCUT2D eigenvalue weighted by Gasteiger charge is -2.70. The molecular formula is C13H18N2O. The Morgan fingerprint density at radius 2 is 2.00 bits per heavy atom. The molecule has 0 radical (unpaired) electrons. The minimum Gasteiger partial charge on any atom is -0.494 e. The Labute approximate surface area is 95.9 Å². The fourth-order valence-electron chi connectivity index (χ4n) is 3.41. The van der Waals surface area contributed by atoms with Crippen LogP contribution in [-0.2, 0) is 5.41 Å². The molecule has 3 N–H and O–H groups in total. The van der Waals surface area contributed by atoms with Gasteiger partial charge < -0.3 is 4.74 Å². The van der Waals surface area contributed by atoms with Crippen molar-refractivity contribution in [1.29, 1.82) is 0 Å². The zero-order valence-corrected chi connectivity index (χ0v) is 9.62. The zero-order chi connectivity index (χ0) is 11.2. The Hall–Kier alpha value is -1.06. The third kappa shape index (κ3) is 1.16. The van der Waals surface area contributed by atoms with E-state index >= 15 is 0 Å². The normalized spacial score (nSPS) is 35.1. The summed E-state index contributed by atoms with van der Waals surface area (Å²) in [6, 6.07) is 8.41. The topological polar surface area (TPSA) is 47.3 Å². The molecule has 0 saturated heterocycles. The highest BCUT2D eigenvalue weighted by molar-refractivity contribution is 5.48. The molecule has 86 valence electrons. The molecule has 1 aromatic rings. The molecule has 16 heavy (non-hydrogen) atoms. The molecule has 3 fully saturated rings. The highest BCUT2D eigenvalue weighted by atomic mass is 16.5. The second-order valence-corrected chi connectivity index (χ2v) is 5.16. The van der Waals surface area contributed by atoms with Crippen LogP contribution in [-0.4, -0.2) is 12.1 Å². The van der Waals surface area contributed by atoms with Crippen LogP contribution in [0.5, 0.6) is 5.75 Å². The number of nitrogens with two attached hydrogens (primary N) is 1. The SMILES string of the molecule is CCOc1ccccc1C12CC(NN)(C1)C2. The third-order valence-electron chi connectivity index (χ3n) is 4.09. The van der Waals surface area contributed by atoms with E-state index in [-0.39, 0.29) is 5.54 Å². The molecule has 0 atom stereocenters. The maximum Gasteiger partial charge on any atom is 0.123 e. The van der Waals surface area contributed by atoms with Crippen LogP contribution in [0.15, 0.2) is 24.3 Å². The Morgan fingerprint density at radius 1 is 1.31 bits per heavy atom. The zero-order valence-electron chi connectivity index (χ0n) is 9.62. The van der Waals surface area contributed by atoms with Crippen LogP contribution in [0.1, 0.15) is 31.7 Å². The van der Waals surface area contributed by atoms with Gasteiger partial charge in [0.25, 0.3) is 0 Å². The first-order valence-electron chi connectivity index (χ1n) is 5.94. The molecule has 3 aliphatic carbocycles. The van der Waals surface area contributed by atoms with Gasteiger partial charge in [0, 0.05) is 16.5 Å². The van der Waals surface area contributed by atoms with E-state index in [0.29, 0.717) is 5.41 Å². The molecule has 0 heterocycles. The van der Waals surface area contributed by atoms with Gasteiger partial charge >= 0.3 is 0 Å². The third-order valence-corrected chi connectivity index (χ3v) is 4.09. The summed E-state index contributed by atoms with van der Waals surface area (Å²) < 4.78 is 5.70. The standard InChI is InChI=1S/C13H18N2O/c1-2-16-11-6-4-3-5-10(11)12-7-13(8-12,9-12)15-14/h3-6,15H,2,7-9,14H2,1H3. The fourth-order valence-corrected chi connectivity index (χ4v) is 3.41. The summed E-state index contributed by atoms with van der Waals surface area (Å²) in [4.78, 5) is 0. The Balaban J connectivity index is 1.86. The molecule has 1 aromatic carbocycles. The number of hydrogen-bond acceptors (Lipinski definition) is 3. The molecule has 0 unspecified atom stereocenters. The van der Waals surface area contributed by atoms with Gasteiger partial charge in [-0.3, -0.25) is 11.3 Å². The average molecular weight is 218 g/mol. The number of hydrogen-bond donors (Lipinski definition) is 2. The highest BCUT2D eigenvalue weighted by Gasteiger charge is 2.68. The first kappa shape index (κ1) is 10.1. The molecular weight excluding hydrogens is 200 g/mol. The average Bonchev–Trinajstić information content (AvgIpc) is 2.18. The molecule has 0 spiro atoms. The second kappa shape index (κ2) is 3.22. The quantitative estimate of drug-likeness (QED) is 0.597. The van der Waals surface area contributed by atoms with Gasteiger partial charge in [0.05, 0.1) is 6.61 Å². The van der Waals surface area contributed by atoms with E-state index in [0.717, 1.165) is 31.6 Å². The van der Waals surface area contributed by atoms with Crippen molar-refractivity contribution in [3.8, 4) is 5.75 Å². The Morgan fingerprint density at radius 3 is 2.62 bits per heavy atom. The predicted molar refractivity (Wildman–Crippen MR) is 63.2 cm³/mol. The van der Waals surface area contributed by atoms with Crippen LogP contribution >= 0.6 is 0 Å². The molecule has 0 aromatic heterocycles. The number of nitrogens with one attached hydrogen (secondary N) is 1. The molecule has 2 bridgehead atoms. The molecule has 3 saturated carbocycles. The van der Waals surface area contributed by atoms with Crippen molar-refractivity contribution in [2.24, 2.45) is 5.84 Å². The van der Waals surface area contributed by atoms with Gasteiger partial charge in [0.1, 0.15) is 5.75 Å². The largest absolute Gasteiger partial charge is 0.494 e. The molecule has 0 amide bonds. The minimum atomic E-state index is 0.235. The van der Waals surface area contributed by atoms with Crippen molar-refractivity contribution in [2.45, 2.75) is 37.1 Å². The van der Waals surface area contributed by atoms with Crippen LogP contribution in [0.4, 0.5) is 0 Å². The second-order valence-electron chi connectivity index (χ2n) is 5.16. The first-order chi connectivity index (χ1) is 7.74. The summed E-state index contributed by atoms with van der Waals surface area (Å²) in [5, 5.41) is 0. The minimum absolute atomic E-state index is 0.235. The van der Waals surface area contributed by atoms with Crippen LogP contribution in [0.3, 0.4) is 0 Å². The maximum atomic E-state index is 5.70. The van der Waals surface area contributed by atoms with Crippen molar-refractivity contribution in [3.05, 3.63) is 29.8 Å². The number of para-hydroxylation sites is 1. The summed E-state index contributed by atoms with van der Waals surface area (Å²) in [5.74, 6) is 6.61. The van der Waals surface area contributed by atoms with E-state index in [4.69, 9.17) is 10.6 Å².